The normalized spacial score (nSPS) is 8.84. The first-order valence-electron chi connectivity index (χ1n) is 6.68. The number of carbonyl (C=O) groups excluding carboxylic acids is 2. The molecule has 0 radical (unpaired) electrons. The lowest BCUT2D eigenvalue weighted by molar-refractivity contribution is -0.143. The molecule has 0 saturated carbocycles. The fraction of sp³-hybridized carbons (Fsp3) is 0.895. The average Bonchev–Trinajstić information content (AvgIpc) is 2.37. The molecule has 0 aromatic carbocycles. The third-order valence-corrected chi connectivity index (χ3v) is 2.07. The molecular formula is C19H48O6. The van der Waals surface area contributed by atoms with Crippen LogP contribution in [0.5, 0.6) is 0 Å². The van der Waals surface area contributed by atoms with Crippen molar-refractivity contribution >= 4 is 11.9 Å². The van der Waals surface area contributed by atoms with Crippen molar-refractivity contribution in [2.45, 2.75) is 70.7 Å². The zero-order chi connectivity index (χ0) is 15.8. The van der Waals surface area contributed by atoms with Gasteiger partial charge in [0.25, 0.3) is 0 Å². The largest absolute Gasteiger partial charge is 0.466 e. The lowest BCUT2D eigenvalue weighted by Crippen LogP contribution is -2.13. The third kappa shape index (κ3) is 51.8. The summed E-state index contributed by atoms with van der Waals surface area (Å²) < 4.78 is 19.1. The van der Waals surface area contributed by atoms with Crippen LogP contribution < -0.4 is 0 Å². The second kappa shape index (κ2) is 34.2. The van der Waals surface area contributed by atoms with E-state index < -0.39 is 0 Å². The fourth-order valence-electron chi connectivity index (χ4n) is 1.16. The number of methoxy groups -OCH3 is 2. The van der Waals surface area contributed by atoms with E-state index in [0.717, 1.165) is 19.4 Å². The minimum atomic E-state index is -0.233. The molecule has 0 N–H and O–H groups in total. The summed E-state index contributed by atoms with van der Waals surface area (Å²) >= 11 is 0. The Morgan fingerprint density at radius 2 is 1.16 bits per heavy atom. The Kier molecular flexibility index (Phi) is 60.1. The van der Waals surface area contributed by atoms with E-state index in [2.05, 4.69) is 0 Å². The summed E-state index contributed by atoms with van der Waals surface area (Å²) in [6, 6.07) is 0. The molecule has 6 nitrogen and oxygen atoms in total. The topological polar surface area (TPSA) is 71.1 Å². The van der Waals surface area contributed by atoms with Gasteiger partial charge in [0.2, 0.25) is 0 Å². The summed E-state index contributed by atoms with van der Waals surface area (Å²) in [7, 11) is 3.29. The maximum absolute atomic E-state index is 10.3. The van der Waals surface area contributed by atoms with Gasteiger partial charge in [0.15, 0.2) is 0 Å². The smallest absolute Gasteiger partial charge is 0.302 e. The van der Waals surface area contributed by atoms with Crippen LogP contribution in [0.1, 0.15) is 70.7 Å². The average molecular weight is 373 g/mol. The van der Waals surface area contributed by atoms with E-state index in [1.54, 1.807) is 14.2 Å². The van der Waals surface area contributed by atoms with Gasteiger partial charge in [-0.15, -0.1) is 0 Å². The van der Waals surface area contributed by atoms with E-state index in [-0.39, 0.29) is 55.0 Å². The Hall–Kier alpha value is -1.14. The molecule has 1 atom stereocenters. The Morgan fingerprint density at radius 1 is 0.720 bits per heavy atom. The highest BCUT2D eigenvalue weighted by Crippen LogP contribution is 1.95. The Morgan fingerprint density at radius 3 is 1.52 bits per heavy atom. The van der Waals surface area contributed by atoms with Gasteiger partial charge >= 0.3 is 11.9 Å². The molecular weight excluding hydrogens is 324 g/mol. The van der Waals surface area contributed by atoms with Gasteiger partial charge in [-0.1, -0.05) is 44.1 Å². The monoisotopic (exact) mass is 372 g/mol. The summed E-state index contributed by atoms with van der Waals surface area (Å²) in [5, 5.41) is 0. The lowest BCUT2D eigenvalue weighted by Gasteiger charge is -2.08. The standard InChI is InChI=1S/2C7H14O3.5CH4/c1-6(4-9-3)5-10-7(2)8;1-7(8)10-6-4-3-5-9-2;;;;;/h6H,4-5H2,1-3H3;3-6H2,1-2H3;5*1H4. The molecule has 0 bridgehead atoms. The van der Waals surface area contributed by atoms with Crippen molar-refractivity contribution in [3.05, 3.63) is 0 Å². The molecule has 0 fully saturated rings. The van der Waals surface area contributed by atoms with Crippen molar-refractivity contribution < 1.29 is 28.5 Å². The highest BCUT2D eigenvalue weighted by atomic mass is 16.5. The minimum absolute atomic E-state index is 0. The SMILES string of the molecule is C.C.C.C.C.COCC(C)COC(C)=O.COCCCCOC(C)=O. The molecule has 0 spiro atoms. The van der Waals surface area contributed by atoms with Crippen LogP contribution in [0.2, 0.25) is 0 Å². The van der Waals surface area contributed by atoms with Crippen molar-refractivity contribution in [2.24, 2.45) is 5.92 Å². The molecule has 1 unspecified atom stereocenters. The maximum Gasteiger partial charge on any atom is 0.302 e. The summed E-state index contributed by atoms with van der Waals surface area (Å²) in [5.74, 6) is -0.158. The molecule has 25 heavy (non-hydrogen) atoms. The van der Waals surface area contributed by atoms with Gasteiger partial charge in [0.05, 0.1) is 19.8 Å². The summed E-state index contributed by atoms with van der Waals surface area (Å²) in [5.41, 5.74) is 0. The Balaban J connectivity index is -0.0000000432. The summed E-state index contributed by atoms with van der Waals surface area (Å²) in [6.07, 6.45) is 1.83. The Labute approximate surface area is 158 Å². The molecule has 0 rings (SSSR count). The van der Waals surface area contributed by atoms with Crippen LogP contribution in [-0.2, 0) is 28.5 Å². The number of hydrogen-bond donors (Lipinski definition) is 0. The molecule has 0 aromatic heterocycles. The predicted octanol–water partition coefficient (Wildman–Crippen LogP) is 4.99. The van der Waals surface area contributed by atoms with Crippen LogP contribution >= 0.6 is 0 Å². The van der Waals surface area contributed by atoms with E-state index >= 15 is 0 Å². The minimum Gasteiger partial charge on any atom is -0.466 e. The number of unbranched alkanes of at least 4 members (excludes halogenated alkanes) is 1. The summed E-state index contributed by atoms with van der Waals surface area (Å²) in [6.45, 7) is 7.11. The van der Waals surface area contributed by atoms with Gasteiger partial charge in [-0.2, -0.15) is 0 Å². The lowest BCUT2D eigenvalue weighted by atomic mass is 10.2. The van der Waals surface area contributed by atoms with Crippen LogP contribution in [-0.4, -0.2) is 52.6 Å². The Bertz CT molecular complexity index is 244. The van der Waals surface area contributed by atoms with E-state index in [1.165, 1.54) is 13.8 Å². The molecule has 0 aromatic rings. The third-order valence-electron chi connectivity index (χ3n) is 2.07. The first kappa shape index (κ1) is 43.9. The second-order valence-corrected chi connectivity index (χ2v) is 4.40. The molecule has 6 heteroatoms. The molecule has 0 heterocycles. The van der Waals surface area contributed by atoms with Crippen molar-refractivity contribution in [1.29, 1.82) is 0 Å². The van der Waals surface area contributed by atoms with Crippen molar-refractivity contribution in [1.82, 2.24) is 0 Å². The van der Waals surface area contributed by atoms with Crippen molar-refractivity contribution in [3.8, 4) is 0 Å². The highest BCUT2D eigenvalue weighted by Gasteiger charge is 2.02. The molecule has 0 saturated heterocycles. The zero-order valence-corrected chi connectivity index (χ0v) is 13.3. The number of carbonyl (C=O) groups is 2. The van der Waals surface area contributed by atoms with E-state index in [1.807, 2.05) is 6.92 Å². The van der Waals surface area contributed by atoms with Crippen LogP contribution in [0.4, 0.5) is 0 Å². The van der Waals surface area contributed by atoms with Crippen LogP contribution in [0, 0.1) is 5.92 Å². The first-order valence-corrected chi connectivity index (χ1v) is 6.68. The molecule has 0 amide bonds. The highest BCUT2D eigenvalue weighted by molar-refractivity contribution is 5.66. The van der Waals surface area contributed by atoms with E-state index in [9.17, 15) is 9.59 Å². The van der Waals surface area contributed by atoms with Crippen LogP contribution in [0.3, 0.4) is 0 Å². The van der Waals surface area contributed by atoms with Crippen LogP contribution in [0.25, 0.3) is 0 Å². The van der Waals surface area contributed by atoms with Gasteiger partial charge in [0, 0.05) is 40.6 Å². The fourth-order valence-corrected chi connectivity index (χ4v) is 1.16. The van der Waals surface area contributed by atoms with Gasteiger partial charge in [-0.25, -0.2) is 0 Å². The quantitative estimate of drug-likeness (QED) is 0.419. The zero-order valence-electron chi connectivity index (χ0n) is 13.3. The number of ether oxygens (including phenoxy) is 4. The van der Waals surface area contributed by atoms with E-state index in [0.29, 0.717) is 19.8 Å². The molecule has 160 valence electrons. The number of rotatable bonds is 9. The number of esters is 2. The molecule has 0 aliphatic heterocycles. The van der Waals surface area contributed by atoms with Crippen LogP contribution in [0.15, 0.2) is 0 Å². The first-order chi connectivity index (χ1) is 9.43. The van der Waals surface area contributed by atoms with Gasteiger partial charge in [-0.3, -0.25) is 9.59 Å². The van der Waals surface area contributed by atoms with Gasteiger partial charge in [0.1, 0.15) is 0 Å². The second-order valence-electron chi connectivity index (χ2n) is 4.40. The molecule has 0 aliphatic carbocycles. The maximum atomic E-state index is 10.3. The predicted molar refractivity (Wildman–Crippen MR) is 109 cm³/mol. The van der Waals surface area contributed by atoms with Crippen molar-refractivity contribution in [2.75, 3.05) is 40.6 Å². The summed E-state index contributed by atoms with van der Waals surface area (Å²) in [4.78, 5) is 20.5. The van der Waals surface area contributed by atoms with E-state index in [4.69, 9.17) is 18.9 Å². The van der Waals surface area contributed by atoms with Crippen molar-refractivity contribution in [3.63, 3.8) is 0 Å². The van der Waals surface area contributed by atoms with Gasteiger partial charge < -0.3 is 18.9 Å². The molecule has 0 aliphatic rings. The van der Waals surface area contributed by atoms with Gasteiger partial charge in [-0.05, 0) is 12.8 Å². The number of hydrogen-bond acceptors (Lipinski definition) is 6.